The molecule has 0 radical (unpaired) electrons. The van der Waals surface area contributed by atoms with E-state index in [1.807, 2.05) is 91.6 Å². The standard InChI is InChI=1S/C34H38B2F2N6O2/c1-18(2)23-11-12-39-28(19(3)4)30(23)44-32-25(16-26(38)29(40-32)24-10-8-7-9-22(24)15-27(35)36)31(41-34(44)46)43-14-13-42(17-20(43)5)33(45)21(6)37/h7-12,15-16,18-20H,6,13-14,17,35-36H2,1-5H3/t20-/m0/s1. The number of nitrogens with zero attached hydrogens (tertiary/aromatic N) is 6. The highest BCUT2D eigenvalue weighted by molar-refractivity contribution is 6.50. The first kappa shape index (κ1) is 32.8. The van der Waals surface area contributed by atoms with Gasteiger partial charge in [0.05, 0.1) is 16.8 Å². The molecule has 4 aromatic rings. The van der Waals surface area contributed by atoms with E-state index in [0.717, 1.165) is 16.5 Å². The summed E-state index contributed by atoms with van der Waals surface area (Å²) in [6.45, 7) is 13.7. The molecule has 4 heterocycles. The van der Waals surface area contributed by atoms with Crippen molar-refractivity contribution in [2.24, 2.45) is 0 Å². The van der Waals surface area contributed by atoms with Gasteiger partial charge in [0.1, 0.15) is 33.0 Å². The van der Waals surface area contributed by atoms with Crippen LogP contribution in [-0.2, 0) is 4.79 Å². The van der Waals surface area contributed by atoms with Crippen LogP contribution in [0.1, 0.15) is 63.3 Å². The second-order valence-corrected chi connectivity index (χ2v) is 12.7. The van der Waals surface area contributed by atoms with Gasteiger partial charge in [-0.05, 0) is 42.0 Å². The van der Waals surface area contributed by atoms with Crippen molar-refractivity contribution in [3.63, 3.8) is 0 Å². The van der Waals surface area contributed by atoms with Crippen molar-refractivity contribution >= 4 is 44.5 Å². The third-order valence-corrected chi connectivity index (χ3v) is 8.26. The molecule has 0 bridgehead atoms. The van der Waals surface area contributed by atoms with Crippen LogP contribution >= 0.6 is 0 Å². The Bertz CT molecular complexity index is 1910. The Labute approximate surface area is 269 Å². The van der Waals surface area contributed by atoms with Gasteiger partial charge in [0.2, 0.25) is 0 Å². The number of carbonyl (C=O) groups excluding carboxylic acids is 1. The minimum absolute atomic E-state index is 0.0336. The number of hydrogen-bond acceptors (Lipinski definition) is 6. The molecule has 236 valence electrons. The fourth-order valence-electron chi connectivity index (χ4n) is 6.11. The minimum atomic E-state index is -1.03. The van der Waals surface area contributed by atoms with Gasteiger partial charge >= 0.3 is 5.69 Å². The van der Waals surface area contributed by atoms with Gasteiger partial charge in [-0.1, -0.05) is 64.6 Å². The number of aromatic nitrogens is 4. The fraction of sp³-hybridized carbons (Fsp3) is 0.324. The molecule has 1 fully saturated rings. The molecular weight excluding hydrogens is 584 g/mol. The summed E-state index contributed by atoms with van der Waals surface area (Å²) in [7, 11) is 3.94. The average molecular weight is 622 g/mol. The molecule has 0 unspecified atom stereocenters. The second-order valence-electron chi connectivity index (χ2n) is 12.7. The van der Waals surface area contributed by atoms with Gasteiger partial charge < -0.3 is 9.80 Å². The molecule has 1 atom stereocenters. The average Bonchev–Trinajstić information content (AvgIpc) is 3.00. The number of amides is 1. The first-order valence-electron chi connectivity index (χ1n) is 15.6. The van der Waals surface area contributed by atoms with Crippen LogP contribution in [0.15, 0.2) is 65.2 Å². The molecule has 5 rings (SSSR count). The molecule has 0 saturated carbocycles. The number of benzene rings is 1. The first-order valence-corrected chi connectivity index (χ1v) is 15.6. The Balaban J connectivity index is 1.84. The molecule has 3 aromatic heterocycles. The lowest BCUT2D eigenvalue weighted by atomic mass is 9.77. The number of anilines is 1. The van der Waals surface area contributed by atoms with E-state index in [9.17, 15) is 14.0 Å². The van der Waals surface area contributed by atoms with E-state index < -0.39 is 23.2 Å². The van der Waals surface area contributed by atoms with E-state index in [-0.39, 0.29) is 54.7 Å². The van der Waals surface area contributed by atoms with Crippen molar-refractivity contribution in [1.82, 2.24) is 24.4 Å². The molecule has 1 saturated heterocycles. The minimum Gasteiger partial charge on any atom is -0.350 e. The van der Waals surface area contributed by atoms with Crippen LogP contribution in [-0.4, -0.2) is 71.7 Å². The van der Waals surface area contributed by atoms with Crippen LogP contribution in [0, 0.1) is 5.82 Å². The smallest absolute Gasteiger partial charge is 0.350 e. The van der Waals surface area contributed by atoms with E-state index >= 15 is 4.39 Å². The van der Waals surface area contributed by atoms with Crippen LogP contribution in [0.2, 0.25) is 0 Å². The maximum atomic E-state index is 16.3. The summed E-state index contributed by atoms with van der Waals surface area (Å²) in [5.41, 5.74) is 3.35. The lowest BCUT2D eigenvalue weighted by Gasteiger charge is -2.40. The van der Waals surface area contributed by atoms with Gasteiger partial charge in [-0.3, -0.25) is 9.78 Å². The lowest BCUT2D eigenvalue weighted by Crippen LogP contribution is -2.54. The predicted octanol–water partition coefficient (Wildman–Crippen LogP) is 4.31. The number of hydrogen-bond donors (Lipinski definition) is 0. The van der Waals surface area contributed by atoms with Crippen molar-refractivity contribution in [3.8, 4) is 16.9 Å². The number of pyridine rings is 2. The van der Waals surface area contributed by atoms with Crippen molar-refractivity contribution in [2.45, 2.75) is 52.5 Å². The fourth-order valence-corrected chi connectivity index (χ4v) is 6.11. The topological polar surface area (TPSA) is 84.2 Å². The Morgan fingerprint density at radius 2 is 1.80 bits per heavy atom. The summed E-state index contributed by atoms with van der Waals surface area (Å²) >= 11 is 0. The number of rotatable bonds is 7. The molecule has 0 spiro atoms. The molecule has 1 aliphatic rings. The Morgan fingerprint density at radius 1 is 1.09 bits per heavy atom. The second kappa shape index (κ2) is 13.0. The maximum Gasteiger partial charge on any atom is 0.355 e. The molecule has 0 aliphatic carbocycles. The number of fused-ring (bicyclic) bond motifs is 1. The van der Waals surface area contributed by atoms with Gasteiger partial charge in [0.25, 0.3) is 5.91 Å². The third kappa shape index (κ3) is 6.12. The van der Waals surface area contributed by atoms with Gasteiger partial charge in [0.15, 0.2) is 11.5 Å². The number of carbonyl (C=O) groups is 1. The van der Waals surface area contributed by atoms with E-state index in [2.05, 4.69) is 16.5 Å². The van der Waals surface area contributed by atoms with Crippen molar-refractivity contribution in [1.29, 1.82) is 0 Å². The summed E-state index contributed by atoms with van der Waals surface area (Å²) in [4.78, 5) is 44.0. The van der Waals surface area contributed by atoms with Gasteiger partial charge in [-0.15, -0.1) is 5.37 Å². The van der Waals surface area contributed by atoms with Crippen LogP contribution < -0.4 is 10.6 Å². The highest BCUT2D eigenvalue weighted by Crippen LogP contribution is 2.36. The van der Waals surface area contributed by atoms with Crippen LogP contribution in [0.3, 0.4) is 0 Å². The van der Waals surface area contributed by atoms with E-state index in [0.29, 0.717) is 22.3 Å². The third-order valence-electron chi connectivity index (χ3n) is 8.26. The van der Waals surface area contributed by atoms with Crippen molar-refractivity contribution < 1.29 is 13.6 Å². The summed E-state index contributed by atoms with van der Waals surface area (Å²) < 4.78 is 31.5. The zero-order valence-corrected chi connectivity index (χ0v) is 27.4. The Hall–Kier alpha value is -4.60. The van der Waals surface area contributed by atoms with E-state index in [1.54, 1.807) is 6.20 Å². The summed E-state index contributed by atoms with van der Waals surface area (Å²) in [5.74, 6) is -2.11. The molecule has 1 amide bonds. The van der Waals surface area contributed by atoms with Crippen LogP contribution in [0.4, 0.5) is 14.6 Å². The summed E-state index contributed by atoms with van der Waals surface area (Å²) in [5, 5.41) is 1.38. The Morgan fingerprint density at radius 3 is 2.43 bits per heavy atom. The van der Waals surface area contributed by atoms with Crippen molar-refractivity contribution in [3.05, 3.63) is 93.5 Å². The zero-order chi connectivity index (χ0) is 33.4. The first-order chi connectivity index (χ1) is 21.8. The highest BCUT2D eigenvalue weighted by Gasteiger charge is 2.32. The highest BCUT2D eigenvalue weighted by atomic mass is 19.1. The largest absolute Gasteiger partial charge is 0.355 e. The van der Waals surface area contributed by atoms with Crippen LogP contribution in [0.25, 0.3) is 34.1 Å². The predicted molar refractivity (Wildman–Crippen MR) is 185 cm³/mol. The lowest BCUT2D eigenvalue weighted by molar-refractivity contribution is -0.129. The zero-order valence-electron chi connectivity index (χ0n) is 27.4. The quantitative estimate of drug-likeness (QED) is 0.226. The van der Waals surface area contributed by atoms with Gasteiger partial charge in [-0.2, -0.15) is 4.98 Å². The maximum absolute atomic E-state index is 16.3. The SMILES string of the molecule is BC(B)=Cc1ccccc1-c1nc2c(cc1F)c(N1CCN(C(=O)C(=C)F)C[C@@H]1C)nc(=O)n2-c1c(C(C)C)ccnc1C(C)C. The molecule has 0 N–H and O–H groups in total. The van der Waals surface area contributed by atoms with Crippen LogP contribution in [0.5, 0.6) is 0 Å². The normalized spacial score (nSPS) is 15.1. The molecule has 1 aromatic carbocycles. The summed E-state index contributed by atoms with van der Waals surface area (Å²) in [6.07, 6.45) is 3.71. The van der Waals surface area contributed by atoms with Crippen molar-refractivity contribution in [2.75, 3.05) is 24.5 Å². The number of halogens is 2. The molecule has 46 heavy (non-hydrogen) atoms. The van der Waals surface area contributed by atoms with E-state index in [4.69, 9.17) is 4.98 Å². The summed E-state index contributed by atoms with van der Waals surface area (Å²) in [6, 6.07) is 10.4. The Kier molecular flexibility index (Phi) is 9.28. The molecule has 1 aliphatic heterocycles. The van der Waals surface area contributed by atoms with Gasteiger partial charge in [-0.25, -0.2) is 23.1 Å². The monoisotopic (exact) mass is 622 g/mol. The van der Waals surface area contributed by atoms with Gasteiger partial charge in [0, 0.05) is 37.4 Å². The molecule has 12 heteroatoms. The number of piperazine rings is 1. The van der Waals surface area contributed by atoms with E-state index in [1.165, 1.54) is 15.5 Å². The molecule has 8 nitrogen and oxygen atoms in total. The molecular formula is C34H38B2F2N6O2.